The van der Waals surface area contributed by atoms with E-state index in [1.165, 1.54) is 72.8 Å². The van der Waals surface area contributed by atoms with Crippen LogP contribution in [0, 0.1) is 41.2 Å². The fraction of sp³-hybridized carbons (Fsp3) is 0.350. The van der Waals surface area contributed by atoms with Crippen LogP contribution < -0.4 is 5.73 Å². The fourth-order valence-corrected chi connectivity index (χ4v) is 12.1. The monoisotopic (exact) mass is 1250 g/mol. The van der Waals surface area contributed by atoms with E-state index in [0.29, 0.717) is 102 Å². The van der Waals surface area contributed by atoms with E-state index in [1.54, 1.807) is 4.90 Å². The molecule has 2 unspecified atom stereocenters. The second-order valence-electron chi connectivity index (χ2n) is 21.9. The molecule has 89 heavy (non-hydrogen) atoms. The molecule has 0 aliphatic carbocycles. The molecular weight excluding hydrogens is 1190 g/mol. The summed E-state index contributed by atoms with van der Waals surface area (Å²) in [6, 6.07) is 16.4. The number of carbonyl (C=O) groups excluding carboxylic acids is 4. The number of pyridine rings is 6. The van der Waals surface area contributed by atoms with Gasteiger partial charge in [-0.1, -0.05) is 15.5 Å². The lowest BCUT2D eigenvalue weighted by atomic mass is 9.91. The average molecular weight is 1250 g/mol. The number of aromatic nitrogens is 10. The van der Waals surface area contributed by atoms with Gasteiger partial charge in [0, 0.05) is 37.8 Å². The lowest BCUT2D eigenvalue weighted by Crippen LogP contribution is -2.47. The van der Waals surface area contributed by atoms with E-state index < -0.39 is 40.5 Å². The number of hydrogen-bond acceptors (Lipinski definition) is 18. The first-order valence-corrected chi connectivity index (χ1v) is 28.9. The van der Waals surface area contributed by atoms with E-state index in [-0.39, 0.29) is 76.8 Å². The van der Waals surface area contributed by atoms with Crippen LogP contribution in [0.15, 0.2) is 106 Å². The molecule has 3 amide bonds. The van der Waals surface area contributed by atoms with E-state index in [4.69, 9.17) is 31.6 Å². The quantitative estimate of drug-likeness (QED) is 0.0299. The summed E-state index contributed by atoms with van der Waals surface area (Å²) in [6.07, 6.45) is 11.8. The number of amidine groups is 1. The number of carbonyl (C=O) groups is 4. The van der Waals surface area contributed by atoms with Gasteiger partial charge in [0.25, 0.3) is 17.7 Å². The van der Waals surface area contributed by atoms with Crippen molar-refractivity contribution in [2.75, 3.05) is 19.6 Å². The Morgan fingerprint density at radius 1 is 0.506 bits per heavy atom. The van der Waals surface area contributed by atoms with Crippen LogP contribution in [0.5, 0.6) is 0 Å². The van der Waals surface area contributed by atoms with Gasteiger partial charge in [0.05, 0.1) is 70.1 Å². The van der Waals surface area contributed by atoms with Gasteiger partial charge in [-0.25, -0.2) is 43.1 Å². The Hall–Kier alpha value is -9.60. The Bertz CT molecular complexity index is 3770. The summed E-state index contributed by atoms with van der Waals surface area (Å²) in [6.45, 7) is 1.24. The van der Waals surface area contributed by atoms with Gasteiger partial charge in [0.15, 0.2) is 5.84 Å². The third-order valence-electron chi connectivity index (χ3n) is 16.5. The highest BCUT2D eigenvalue weighted by Crippen LogP contribution is 2.38. The molecule has 460 valence electrons. The summed E-state index contributed by atoms with van der Waals surface area (Å²) < 4.78 is 89.4. The zero-order valence-corrected chi connectivity index (χ0v) is 47.9. The number of rotatable bonds is 6. The highest BCUT2D eigenvalue weighted by molar-refractivity contribution is 6.64. The maximum Gasteiger partial charge on any atom is 0.255 e. The molecule has 3 saturated heterocycles. The molecule has 3 N–H and O–H groups in total. The van der Waals surface area contributed by atoms with Gasteiger partial charge in [-0.15, -0.1) is 0 Å². The van der Waals surface area contributed by atoms with E-state index in [9.17, 15) is 45.5 Å². The average Bonchev–Trinajstić information content (AvgIpc) is 2.25. The van der Waals surface area contributed by atoms with Crippen LogP contribution in [0.1, 0.15) is 135 Å². The molecule has 0 radical (unpaired) electrons. The van der Waals surface area contributed by atoms with Crippen molar-refractivity contribution in [3.8, 4) is 23.0 Å². The summed E-state index contributed by atoms with van der Waals surface area (Å²) >= 11 is 5.56. The third kappa shape index (κ3) is 13.9. The first kappa shape index (κ1) is 61.1. The summed E-state index contributed by atoms with van der Waals surface area (Å²) in [5.41, 5.74) is 9.14. The number of amides is 3. The minimum Gasteiger partial charge on any atom is -0.409 e. The maximum atomic E-state index is 13.5. The zero-order chi connectivity index (χ0) is 62.5. The standard InChI is InChI=1S/2C20H17F2N5O2.C14H14ClFN2O2.C6H6FN3O/c2*21-12-2-6-16(23-9-12)18-25-19(29-26-18)11-1-3-13-4-7-15-14(5-8-17(22)24-15)20(28)27(13)10-11;15-13(19)8-1-2-9-3-5-11-10(4-6-12(16)17-11)14(20)18(9)7-8;7-4-1-2-5(9-3-4)6(8)10-11/h2*2,5-6,8-9,11,13H,1,3-4,7,10H2;4,6,8-9H,1-3,5,7H2;1-3,11H,(H2,8,10)/t2*11-,13-;;/m10../s1. The van der Waals surface area contributed by atoms with Crippen molar-refractivity contribution in [1.29, 1.82) is 0 Å². The van der Waals surface area contributed by atoms with Gasteiger partial charge >= 0.3 is 0 Å². The molecular formula is C60H54ClF6N15O7. The normalized spacial score (nSPS) is 21.2. The van der Waals surface area contributed by atoms with Crippen molar-refractivity contribution in [3.63, 3.8) is 0 Å². The number of aryl methyl sites for hydroxylation is 3. The van der Waals surface area contributed by atoms with Crippen LogP contribution in [0.25, 0.3) is 23.0 Å². The fourth-order valence-electron chi connectivity index (χ4n) is 11.9. The Morgan fingerprint density at radius 3 is 1.27 bits per heavy atom. The topological polar surface area (TPSA) is 292 Å². The molecule has 3 fully saturated rings. The van der Waals surface area contributed by atoms with Crippen LogP contribution in [0.4, 0.5) is 26.3 Å². The maximum absolute atomic E-state index is 13.5. The van der Waals surface area contributed by atoms with E-state index >= 15 is 0 Å². The molecule has 6 aliphatic rings. The second kappa shape index (κ2) is 26.8. The first-order chi connectivity index (χ1) is 43.0. The van der Waals surface area contributed by atoms with Crippen molar-refractivity contribution in [3.05, 3.63) is 178 Å². The Morgan fingerprint density at radius 2 is 0.899 bits per heavy atom. The number of fused-ring (bicyclic) bond motifs is 6. The van der Waals surface area contributed by atoms with E-state index in [1.807, 2.05) is 9.80 Å². The predicted octanol–water partition coefficient (Wildman–Crippen LogP) is 8.75. The first-order valence-electron chi connectivity index (χ1n) is 28.6. The molecule has 0 aromatic carbocycles. The molecule has 22 nitrogen and oxygen atoms in total. The van der Waals surface area contributed by atoms with E-state index in [0.717, 1.165) is 70.0 Å². The van der Waals surface area contributed by atoms with Crippen LogP contribution >= 0.6 is 11.6 Å². The number of oxime groups is 1. The van der Waals surface area contributed by atoms with Crippen molar-refractivity contribution >= 4 is 40.4 Å². The molecule has 14 rings (SSSR count). The molecule has 14 heterocycles. The van der Waals surface area contributed by atoms with Crippen LogP contribution in [0.2, 0.25) is 0 Å². The molecule has 6 atom stereocenters. The lowest BCUT2D eigenvalue weighted by Gasteiger charge is -2.37. The van der Waals surface area contributed by atoms with Crippen LogP contribution in [-0.4, -0.2) is 137 Å². The largest absolute Gasteiger partial charge is 0.409 e. The Kier molecular flexibility index (Phi) is 18.4. The number of halogens is 7. The minimum absolute atomic E-state index is 0.0807. The van der Waals surface area contributed by atoms with Crippen LogP contribution in [0.3, 0.4) is 0 Å². The zero-order valence-electron chi connectivity index (χ0n) is 47.1. The van der Waals surface area contributed by atoms with Gasteiger partial charge in [-0.05, 0) is 161 Å². The van der Waals surface area contributed by atoms with Gasteiger partial charge < -0.3 is 34.7 Å². The SMILES string of the molecule is N/C(=N\O)c1ccc(F)cn1.O=C(Cl)C1CCC2CCc3nc(F)ccc3C(=O)N2C1.O=C1c2ccc(F)nc2CC[C@@H]2CC[C@H](c3nc(-c4ccc(F)cn4)no3)CN12.O=C1c2ccc(F)nc2CC[C@H]2CC[C@@H](c3nc(-c4ccc(F)cn4)no3)CN12. The molecule has 8 aromatic rings. The lowest BCUT2D eigenvalue weighted by molar-refractivity contribution is -0.116. The molecule has 0 saturated carbocycles. The molecule has 6 aliphatic heterocycles. The van der Waals surface area contributed by atoms with Crippen LogP contribution in [-0.2, 0) is 24.1 Å². The van der Waals surface area contributed by atoms with Crippen molar-refractivity contribution in [1.82, 2.24) is 64.9 Å². The van der Waals surface area contributed by atoms with Gasteiger partial charge in [0.1, 0.15) is 34.5 Å². The predicted molar refractivity (Wildman–Crippen MR) is 301 cm³/mol. The van der Waals surface area contributed by atoms with E-state index in [2.05, 4.69) is 55.3 Å². The number of hydrogen-bond donors (Lipinski definition) is 2. The smallest absolute Gasteiger partial charge is 0.255 e. The summed E-state index contributed by atoms with van der Waals surface area (Å²) in [4.78, 5) is 87.3. The number of nitrogens with zero attached hydrogens (tertiary/aromatic N) is 14. The summed E-state index contributed by atoms with van der Waals surface area (Å²) in [7, 11) is 0. The van der Waals surface area contributed by atoms with Gasteiger partial charge in [-0.3, -0.25) is 19.2 Å². The molecule has 8 aromatic heterocycles. The van der Waals surface area contributed by atoms with Gasteiger partial charge in [0.2, 0.25) is 46.5 Å². The van der Waals surface area contributed by atoms with Crippen molar-refractivity contribution < 1.29 is 59.8 Å². The second-order valence-corrected chi connectivity index (χ2v) is 22.3. The summed E-state index contributed by atoms with van der Waals surface area (Å²) in [5.74, 6) is -2.70. The van der Waals surface area contributed by atoms with Crippen molar-refractivity contribution in [2.45, 2.75) is 107 Å². The Labute approximate surface area is 507 Å². The van der Waals surface area contributed by atoms with Crippen molar-refractivity contribution in [2.24, 2.45) is 16.8 Å². The number of nitrogens with two attached hydrogens (primary N) is 1. The Balaban J connectivity index is 0.000000129. The molecule has 0 spiro atoms. The van der Waals surface area contributed by atoms with Gasteiger partial charge in [-0.2, -0.15) is 23.1 Å². The highest BCUT2D eigenvalue weighted by atomic mass is 35.5. The molecule has 29 heteroatoms. The minimum atomic E-state index is -0.568. The number of piperidine rings is 3. The molecule has 0 bridgehead atoms. The summed E-state index contributed by atoms with van der Waals surface area (Å²) in [5, 5.41) is 18.4. The highest BCUT2D eigenvalue weighted by Gasteiger charge is 2.41. The third-order valence-corrected chi connectivity index (χ3v) is 16.8.